The van der Waals surface area contributed by atoms with Gasteiger partial charge in [-0.25, -0.2) is 4.79 Å². The van der Waals surface area contributed by atoms with Crippen molar-refractivity contribution in [3.63, 3.8) is 0 Å². The highest BCUT2D eigenvalue weighted by Crippen LogP contribution is 2.22. The predicted octanol–water partition coefficient (Wildman–Crippen LogP) is 3.44. The Labute approximate surface area is 118 Å². The Kier molecular flexibility index (Phi) is 4.53. The smallest absolute Gasteiger partial charge is 0.336 e. The van der Waals surface area contributed by atoms with Gasteiger partial charge in [-0.3, -0.25) is 0 Å². The van der Waals surface area contributed by atoms with Crippen molar-refractivity contribution in [2.24, 2.45) is 5.92 Å². The van der Waals surface area contributed by atoms with Crippen LogP contribution in [0.3, 0.4) is 0 Å². The number of rotatable bonds is 5. The van der Waals surface area contributed by atoms with E-state index in [9.17, 15) is 4.79 Å². The van der Waals surface area contributed by atoms with Gasteiger partial charge in [0.15, 0.2) is 0 Å². The van der Waals surface area contributed by atoms with Crippen LogP contribution < -0.4 is 10.4 Å². The normalized spacial score (nSPS) is 12.6. The van der Waals surface area contributed by atoms with Crippen LogP contribution in [-0.2, 0) is 0 Å². The summed E-state index contributed by atoms with van der Waals surface area (Å²) in [6.07, 6.45) is 1.03. The predicted molar refractivity (Wildman–Crippen MR) is 80.4 cm³/mol. The van der Waals surface area contributed by atoms with Gasteiger partial charge in [-0.1, -0.05) is 6.92 Å². The molecule has 2 aromatic rings. The van der Waals surface area contributed by atoms with Gasteiger partial charge in [0.05, 0.1) is 6.61 Å². The van der Waals surface area contributed by atoms with Crippen LogP contribution in [0.25, 0.3) is 11.0 Å². The van der Waals surface area contributed by atoms with Gasteiger partial charge >= 0.3 is 5.63 Å². The van der Waals surface area contributed by atoms with Gasteiger partial charge < -0.3 is 9.15 Å². The van der Waals surface area contributed by atoms with E-state index in [0.717, 1.165) is 28.9 Å². The number of benzene rings is 1. The van der Waals surface area contributed by atoms with Crippen LogP contribution in [0.2, 0.25) is 0 Å². The first kappa shape index (κ1) is 14.0. The molecule has 0 radical (unpaired) electrons. The Hall–Kier alpha value is -1.42. The number of fused-ring (bicyclic) bond motifs is 1. The minimum atomic E-state index is -0.330. The molecule has 0 fully saturated rings. The summed E-state index contributed by atoms with van der Waals surface area (Å²) in [5.41, 5.74) is 1.16. The van der Waals surface area contributed by atoms with Crippen molar-refractivity contribution in [1.82, 2.24) is 0 Å². The standard InChI is InChI=1S/C15H18O3S/c1-3-11(9-19)8-17-12-4-5-13-10(2)6-15(16)18-14(13)7-12/h4-7,11,19H,3,8-9H2,1-2H3. The van der Waals surface area contributed by atoms with Gasteiger partial charge in [-0.2, -0.15) is 12.6 Å². The van der Waals surface area contributed by atoms with Crippen LogP contribution >= 0.6 is 12.6 Å². The van der Waals surface area contributed by atoms with Gasteiger partial charge in [-0.05, 0) is 36.8 Å². The minimum absolute atomic E-state index is 0.330. The second-order valence-electron chi connectivity index (χ2n) is 4.67. The molecule has 0 amide bonds. The summed E-state index contributed by atoms with van der Waals surface area (Å²) in [5, 5.41) is 0.938. The largest absolute Gasteiger partial charge is 0.493 e. The zero-order valence-corrected chi connectivity index (χ0v) is 12.1. The van der Waals surface area contributed by atoms with Crippen molar-refractivity contribution in [3.8, 4) is 5.75 Å². The lowest BCUT2D eigenvalue weighted by Crippen LogP contribution is -2.12. The summed E-state index contributed by atoms with van der Waals surface area (Å²) in [7, 11) is 0. The summed E-state index contributed by atoms with van der Waals surface area (Å²) >= 11 is 4.29. The number of hydrogen-bond acceptors (Lipinski definition) is 4. The van der Waals surface area contributed by atoms with Crippen molar-refractivity contribution in [2.45, 2.75) is 20.3 Å². The molecule has 0 aliphatic carbocycles. The molecule has 0 saturated carbocycles. The molecule has 2 rings (SSSR count). The molecule has 1 atom stereocenters. The maximum Gasteiger partial charge on any atom is 0.336 e. The lowest BCUT2D eigenvalue weighted by molar-refractivity contribution is 0.259. The molecule has 4 heteroatoms. The molecular formula is C15H18O3S. The van der Waals surface area contributed by atoms with E-state index in [1.165, 1.54) is 6.07 Å². The van der Waals surface area contributed by atoms with E-state index in [0.29, 0.717) is 18.1 Å². The Morgan fingerprint density at radius 2 is 2.16 bits per heavy atom. The second-order valence-corrected chi connectivity index (χ2v) is 5.04. The maximum absolute atomic E-state index is 11.4. The van der Waals surface area contributed by atoms with E-state index >= 15 is 0 Å². The number of thiol groups is 1. The maximum atomic E-state index is 11.4. The average Bonchev–Trinajstić information content (AvgIpc) is 2.39. The van der Waals surface area contributed by atoms with Crippen molar-refractivity contribution in [3.05, 3.63) is 40.2 Å². The van der Waals surface area contributed by atoms with E-state index < -0.39 is 0 Å². The average molecular weight is 278 g/mol. The van der Waals surface area contributed by atoms with Gasteiger partial charge in [0.25, 0.3) is 0 Å². The highest BCUT2D eigenvalue weighted by molar-refractivity contribution is 7.80. The summed E-state index contributed by atoms with van der Waals surface area (Å²) in [6, 6.07) is 7.09. The van der Waals surface area contributed by atoms with Crippen LogP contribution in [0.5, 0.6) is 5.75 Å². The van der Waals surface area contributed by atoms with Gasteiger partial charge in [0.2, 0.25) is 0 Å². The topological polar surface area (TPSA) is 39.4 Å². The van der Waals surface area contributed by atoms with Crippen LogP contribution in [0.15, 0.2) is 33.5 Å². The zero-order valence-electron chi connectivity index (χ0n) is 11.2. The lowest BCUT2D eigenvalue weighted by Gasteiger charge is -2.13. The van der Waals surface area contributed by atoms with Crippen molar-refractivity contribution >= 4 is 23.6 Å². The molecule has 0 spiro atoms. The Morgan fingerprint density at radius 3 is 2.84 bits per heavy atom. The van der Waals surface area contributed by atoms with E-state index in [1.807, 2.05) is 19.1 Å². The molecule has 1 aromatic carbocycles. The second kappa shape index (κ2) is 6.15. The van der Waals surface area contributed by atoms with Gasteiger partial charge in [0, 0.05) is 23.4 Å². The van der Waals surface area contributed by atoms with E-state index in [2.05, 4.69) is 19.6 Å². The summed E-state index contributed by atoms with van der Waals surface area (Å²) in [5.74, 6) is 1.96. The Morgan fingerprint density at radius 1 is 1.37 bits per heavy atom. The summed E-state index contributed by atoms with van der Waals surface area (Å²) in [6.45, 7) is 4.64. The van der Waals surface area contributed by atoms with Gasteiger partial charge in [0.1, 0.15) is 11.3 Å². The van der Waals surface area contributed by atoms with Crippen molar-refractivity contribution < 1.29 is 9.15 Å². The van der Waals surface area contributed by atoms with Crippen LogP contribution in [-0.4, -0.2) is 12.4 Å². The minimum Gasteiger partial charge on any atom is -0.493 e. The van der Waals surface area contributed by atoms with Crippen LogP contribution in [0.4, 0.5) is 0 Å². The van der Waals surface area contributed by atoms with Crippen molar-refractivity contribution in [2.75, 3.05) is 12.4 Å². The third-order valence-corrected chi connectivity index (χ3v) is 3.76. The molecule has 1 unspecified atom stereocenters. The fourth-order valence-electron chi connectivity index (χ4n) is 1.91. The highest BCUT2D eigenvalue weighted by Gasteiger charge is 2.07. The van der Waals surface area contributed by atoms with E-state index in [4.69, 9.17) is 9.15 Å². The van der Waals surface area contributed by atoms with Crippen LogP contribution in [0.1, 0.15) is 18.9 Å². The Balaban J connectivity index is 2.24. The number of aryl methyl sites for hydroxylation is 1. The third-order valence-electron chi connectivity index (χ3n) is 3.24. The zero-order chi connectivity index (χ0) is 13.8. The van der Waals surface area contributed by atoms with Gasteiger partial charge in [-0.15, -0.1) is 0 Å². The third kappa shape index (κ3) is 3.32. The number of ether oxygens (including phenoxy) is 1. The summed E-state index contributed by atoms with van der Waals surface area (Å²) < 4.78 is 10.9. The highest BCUT2D eigenvalue weighted by atomic mass is 32.1. The van der Waals surface area contributed by atoms with Crippen molar-refractivity contribution in [1.29, 1.82) is 0 Å². The molecule has 0 aliphatic heterocycles. The fraction of sp³-hybridized carbons (Fsp3) is 0.400. The molecule has 0 N–H and O–H groups in total. The monoisotopic (exact) mass is 278 g/mol. The molecule has 19 heavy (non-hydrogen) atoms. The molecule has 3 nitrogen and oxygen atoms in total. The summed E-state index contributed by atoms with van der Waals surface area (Å²) in [4.78, 5) is 11.4. The molecule has 102 valence electrons. The van der Waals surface area contributed by atoms with E-state index in [-0.39, 0.29) is 5.63 Å². The number of hydrogen-bond donors (Lipinski definition) is 1. The molecule has 1 aromatic heterocycles. The first-order valence-electron chi connectivity index (χ1n) is 6.42. The lowest BCUT2D eigenvalue weighted by atomic mass is 10.1. The first-order chi connectivity index (χ1) is 9.13. The first-order valence-corrected chi connectivity index (χ1v) is 7.05. The van der Waals surface area contributed by atoms with Crippen LogP contribution in [0, 0.1) is 12.8 Å². The molecular weight excluding hydrogens is 260 g/mol. The quantitative estimate of drug-likeness (QED) is 0.672. The van der Waals surface area contributed by atoms with E-state index in [1.54, 1.807) is 6.07 Å². The molecule has 1 heterocycles. The SMILES string of the molecule is CCC(CS)COc1ccc2c(C)cc(=O)oc2c1. The molecule has 0 saturated heterocycles. The Bertz CT molecular complexity index is 614. The fourth-order valence-corrected chi connectivity index (χ4v) is 2.27. The molecule has 0 bridgehead atoms. The molecule has 0 aliphatic rings.